The van der Waals surface area contributed by atoms with Crippen molar-refractivity contribution in [3.8, 4) is 0 Å². The smallest absolute Gasteiger partial charge is 0.136 e. The maximum atomic E-state index is 13.8. The molecule has 2 aromatic rings. The van der Waals surface area contributed by atoms with Crippen LogP contribution in [0.1, 0.15) is 24.2 Å². The standard InChI is InChI=1S/C15H17FN2S/c1-2-13(17)15(11-6-5-9-18-10-11)19-14-8-4-3-7-12(14)16/h3-10,13,15H,2,17H2,1H3. The van der Waals surface area contributed by atoms with Crippen LogP contribution in [0, 0.1) is 5.82 Å². The molecule has 0 radical (unpaired) electrons. The van der Waals surface area contributed by atoms with Crippen LogP contribution in [-0.4, -0.2) is 11.0 Å². The Kier molecular flexibility index (Phi) is 4.93. The summed E-state index contributed by atoms with van der Waals surface area (Å²) in [6.45, 7) is 2.04. The van der Waals surface area contributed by atoms with E-state index in [2.05, 4.69) is 4.98 Å². The number of rotatable bonds is 5. The van der Waals surface area contributed by atoms with Crippen LogP contribution in [0.25, 0.3) is 0 Å². The highest BCUT2D eigenvalue weighted by atomic mass is 32.2. The second-order valence-corrected chi connectivity index (χ2v) is 5.51. The highest BCUT2D eigenvalue weighted by Crippen LogP contribution is 2.38. The monoisotopic (exact) mass is 276 g/mol. The molecule has 2 nitrogen and oxygen atoms in total. The normalized spacial score (nSPS) is 14.1. The molecule has 19 heavy (non-hydrogen) atoms. The zero-order chi connectivity index (χ0) is 13.7. The Balaban J connectivity index is 2.27. The van der Waals surface area contributed by atoms with Gasteiger partial charge in [0.05, 0.1) is 5.25 Å². The average Bonchev–Trinajstić information content (AvgIpc) is 2.46. The molecule has 2 N–H and O–H groups in total. The lowest BCUT2D eigenvalue weighted by Gasteiger charge is -2.22. The van der Waals surface area contributed by atoms with Crippen molar-refractivity contribution < 1.29 is 4.39 Å². The van der Waals surface area contributed by atoms with Crippen molar-refractivity contribution >= 4 is 11.8 Å². The molecule has 2 atom stereocenters. The molecular weight excluding hydrogens is 259 g/mol. The van der Waals surface area contributed by atoms with Gasteiger partial charge in [-0.2, -0.15) is 0 Å². The van der Waals surface area contributed by atoms with Gasteiger partial charge in [0.2, 0.25) is 0 Å². The summed E-state index contributed by atoms with van der Waals surface area (Å²) in [6, 6.07) is 10.6. The first-order valence-corrected chi connectivity index (χ1v) is 7.17. The van der Waals surface area contributed by atoms with Crippen LogP contribution < -0.4 is 5.73 Å². The van der Waals surface area contributed by atoms with E-state index in [9.17, 15) is 4.39 Å². The number of hydrogen-bond acceptors (Lipinski definition) is 3. The summed E-state index contributed by atoms with van der Waals surface area (Å²) in [4.78, 5) is 4.75. The predicted octanol–water partition coefficient (Wildman–Crippen LogP) is 3.79. The minimum Gasteiger partial charge on any atom is -0.326 e. The molecule has 0 spiro atoms. The van der Waals surface area contributed by atoms with E-state index in [0.29, 0.717) is 4.90 Å². The van der Waals surface area contributed by atoms with Crippen LogP contribution in [0.4, 0.5) is 4.39 Å². The molecule has 0 bridgehead atoms. The number of halogens is 1. The summed E-state index contributed by atoms with van der Waals surface area (Å²) >= 11 is 1.46. The average molecular weight is 276 g/mol. The molecule has 0 saturated carbocycles. The summed E-state index contributed by atoms with van der Waals surface area (Å²) < 4.78 is 13.8. The van der Waals surface area contributed by atoms with Gasteiger partial charge in [0.15, 0.2) is 0 Å². The minimum atomic E-state index is -0.204. The number of hydrogen-bond donors (Lipinski definition) is 1. The number of pyridine rings is 1. The molecule has 0 fully saturated rings. The largest absolute Gasteiger partial charge is 0.326 e. The van der Waals surface area contributed by atoms with Crippen molar-refractivity contribution in [2.75, 3.05) is 0 Å². The molecule has 0 aliphatic heterocycles. The molecule has 4 heteroatoms. The zero-order valence-electron chi connectivity index (χ0n) is 10.8. The van der Waals surface area contributed by atoms with Crippen molar-refractivity contribution in [3.05, 3.63) is 60.2 Å². The molecule has 100 valence electrons. The Morgan fingerprint density at radius 2 is 2.05 bits per heavy atom. The first-order chi connectivity index (χ1) is 9.22. The lowest BCUT2D eigenvalue weighted by molar-refractivity contribution is 0.597. The molecule has 0 aliphatic rings. The fourth-order valence-electron chi connectivity index (χ4n) is 1.84. The Hall–Kier alpha value is -1.39. The molecule has 0 aliphatic carbocycles. The van der Waals surface area contributed by atoms with Crippen LogP contribution >= 0.6 is 11.8 Å². The fourth-order valence-corrected chi connectivity index (χ4v) is 3.09. The highest BCUT2D eigenvalue weighted by molar-refractivity contribution is 7.99. The van der Waals surface area contributed by atoms with Gasteiger partial charge in [-0.05, 0) is 30.2 Å². The van der Waals surface area contributed by atoms with E-state index in [1.807, 2.05) is 25.1 Å². The van der Waals surface area contributed by atoms with Gasteiger partial charge in [0, 0.05) is 23.3 Å². The maximum Gasteiger partial charge on any atom is 0.136 e. The minimum absolute atomic E-state index is 0.00981. The van der Waals surface area contributed by atoms with E-state index in [1.54, 1.807) is 24.5 Å². The van der Waals surface area contributed by atoms with E-state index in [1.165, 1.54) is 17.8 Å². The molecular formula is C15H17FN2S. The number of thioether (sulfide) groups is 1. The molecule has 1 aromatic carbocycles. The van der Waals surface area contributed by atoms with Gasteiger partial charge in [0.25, 0.3) is 0 Å². The summed E-state index contributed by atoms with van der Waals surface area (Å²) in [7, 11) is 0. The van der Waals surface area contributed by atoms with Crippen molar-refractivity contribution in [2.45, 2.75) is 29.5 Å². The molecule has 2 unspecified atom stereocenters. The van der Waals surface area contributed by atoms with Gasteiger partial charge < -0.3 is 5.73 Å². The van der Waals surface area contributed by atoms with Crippen LogP contribution in [-0.2, 0) is 0 Å². The SMILES string of the molecule is CCC(N)C(Sc1ccccc1F)c1cccnc1. The summed E-state index contributed by atoms with van der Waals surface area (Å²) in [6.07, 6.45) is 4.36. The summed E-state index contributed by atoms with van der Waals surface area (Å²) in [5, 5.41) is 0.00981. The van der Waals surface area contributed by atoms with Crippen LogP contribution in [0.2, 0.25) is 0 Å². The highest BCUT2D eigenvalue weighted by Gasteiger charge is 2.21. The van der Waals surface area contributed by atoms with E-state index >= 15 is 0 Å². The van der Waals surface area contributed by atoms with Gasteiger partial charge in [-0.3, -0.25) is 4.98 Å². The Bertz CT molecular complexity index is 519. The summed E-state index contributed by atoms with van der Waals surface area (Å²) in [5.41, 5.74) is 7.21. The van der Waals surface area contributed by atoms with Crippen LogP contribution in [0.15, 0.2) is 53.7 Å². The number of nitrogens with zero attached hydrogens (tertiary/aromatic N) is 1. The van der Waals surface area contributed by atoms with Crippen molar-refractivity contribution in [3.63, 3.8) is 0 Å². The predicted molar refractivity (Wildman–Crippen MR) is 77.5 cm³/mol. The first-order valence-electron chi connectivity index (χ1n) is 6.29. The van der Waals surface area contributed by atoms with Crippen molar-refractivity contribution in [1.29, 1.82) is 0 Å². The number of aromatic nitrogens is 1. The van der Waals surface area contributed by atoms with Crippen molar-refractivity contribution in [1.82, 2.24) is 4.98 Å². The lowest BCUT2D eigenvalue weighted by Crippen LogP contribution is -2.25. The molecule has 1 aromatic heterocycles. The number of nitrogens with two attached hydrogens (primary N) is 1. The third-order valence-corrected chi connectivity index (χ3v) is 4.42. The van der Waals surface area contributed by atoms with E-state index in [-0.39, 0.29) is 17.1 Å². The zero-order valence-corrected chi connectivity index (χ0v) is 11.6. The topological polar surface area (TPSA) is 38.9 Å². The molecule has 0 amide bonds. The van der Waals surface area contributed by atoms with Crippen molar-refractivity contribution in [2.24, 2.45) is 5.73 Å². The Morgan fingerprint density at radius 1 is 1.26 bits per heavy atom. The lowest BCUT2D eigenvalue weighted by atomic mass is 10.1. The molecule has 0 saturated heterocycles. The van der Waals surface area contributed by atoms with Gasteiger partial charge >= 0.3 is 0 Å². The summed E-state index contributed by atoms with van der Waals surface area (Å²) in [5.74, 6) is -0.204. The third-order valence-electron chi connectivity index (χ3n) is 2.96. The second kappa shape index (κ2) is 6.68. The van der Waals surface area contributed by atoms with E-state index in [0.717, 1.165) is 12.0 Å². The quantitative estimate of drug-likeness (QED) is 0.844. The van der Waals surface area contributed by atoms with Gasteiger partial charge in [-0.25, -0.2) is 4.39 Å². The molecule has 2 rings (SSSR count). The van der Waals surface area contributed by atoms with Gasteiger partial charge in [-0.1, -0.05) is 25.1 Å². The van der Waals surface area contributed by atoms with Gasteiger partial charge in [-0.15, -0.1) is 11.8 Å². The van der Waals surface area contributed by atoms with Crippen LogP contribution in [0.3, 0.4) is 0 Å². The third kappa shape index (κ3) is 3.55. The first kappa shape index (κ1) is 14.0. The maximum absolute atomic E-state index is 13.8. The Morgan fingerprint density at radius 3 is 2.68 bits per heavy atom. The van der Waals surface area contributed by atoms with Gasteiger partial charge in [0.1, 0.15) is 5.82 Å². The second-order valence-electron chi connectivity index (χ2n) is 4.33. The molecule has 1 heterocycles. The Labute approximate surface area is 117 Å². The number of benzene rings is 1. The fraction of sp³-hybridized carbons (Fsp3) is 0.267. The van der Waals surface area contributed by atoms with E-state index in [4.69, 9.17) is 5.73 Å². The van der Waals surface area contributed by atoms with Crippen LogP contribution in [0.5, 0.6) is 0 Å². The van der Waals surface area contributed by atoms with E-state index < -0.39 is 0 Å².